The Morgan fingerprint density at radius 1 is 1.16 bits per heavy atom. The molecule has 0 bridgehead atoms. The summed E-state index contributed by atoms with van der Waals surface area (Å²) in [5, 5.41) is 6.78. The van der Waals surface area contributed by atoms with Gasteiger partial charge in [0.2, 0.25) is 5.91 Å². The van der Waals surface area contributed by atoms with Crippen LogP contribution in [0.25, 0.3) is 10.4 Å². The highest BCUT2D eigenvalue weighted by Gasteiger charge is 2.50. The summed E-state index contributed by atoms with van der Waals surface area (Å²) in [6.45, 7) is 1.90. The van der Waals surface area contributed by atoms with E-state index >= 15 is 0 Å². The second-order valence-electron chi connectivity index (χ2n) is 7.44. The topological polar surface area (TPSA) is 115 Å². The molecule has 0 aromatic heterocycles. The van der Waals surface area contributed by atoms with Gasteiger partial charge in [0.15, 0.2) is 12.6 Å². The maximum Gasteiger partial charge on any atom is 0.217 e. The summed E-state index contributed by atoms with van der Waals surface area (Å²) in [4.78, 5) is 14.9. The van der Waals surface area contributed by atoms with E-state index in [0.29, 0.717) is 0 Å². The summed E-state index contributed by atoms with van der Waals surface area (Å²) in [6, 6.07) is 17.6. The highest BCUT2D eigenvalue weighted by molar-refractivity contribution is 5.73. The van der Waals surface area contributed by atoms with Gasteiger partial charge in [-0.2, -0.15) is 0 Å². The molecule has 2 aliphatic heterocycles. The highest BCUT2D eigenvalue weighted by Crippen LogP contribution is 2.36. The molecule has 2 heterocycles. The quantitative estimate of drug-likeness (QED) is 0.434. The van der Waals surface area contributed by atoms with Crippen molar-refractivity contribution in [3.63, 3.8) is 0 Å². The van der Waals surface area contributed by atoms with Crippen molar-refractivity contribution in [3.05, 3.63) is 82.2 Å². The molecule has 1 amide bonds. The largest absolute Gasteiger partial charge is 0.348 e. The van der Waals surface area contributed by atoms with Crippen LogP contribution in [0.15, 0.2) is 65.8 Å². The number of carbonyl (C=O) groups excluding carboxylic acids is 1. The van der Waals surface area contributed by atoms with Crippen LogP contribution in [0, 0.1) is 0 Å². The van der Waals surface area contributed by atoms with E-state index in [1.54, 1.807) is 0 Å². The van der Waals surface area contributed by atoms with Gasteiger partial charge in [0, 0.05) is 17.4 Å². The minimum absolute atomic E-state index is 0.236. The van der Waals surface area contributed by atoms with E-state index in [4.69, 9.17) is 18.9 Å². The number of hydrogen-bond donors (Lipinski definition) is 1. The number of nitrogens with zero attached hydrogens (tertiary/aromatic N) is 3. The smallest absolute Gasteiger partial charge is 0.217 e. The molecule has 9 nitrogen and oxygen atoms in total. The summed E-state index contributed by atoms with van der Waals surface area (Å²) in [5.41, 5.74) is 11.0. The molecule has 2 saturated heterocycles. The maximum atomic E-state index is 11.9. The van der Waals surface area contributed by atoms with Gasteiger partial charge in [0.25, 0.3) is 0 Å². The monoisotopic (exact) mass is 424 g/mol. The van der Waals surface area contributed by atoms with Gasteiger partial charge in [-0.05, 0) is 11.1 Å². The minimum Gasteiger partial charge on any atom is -0.348 e. The third-order valence-electron chi connectivity index (χ3n) is 5.25. The van der Waals surface area contributed by atoms with E-state index in [1.165, 1.54) is 6.92 Å². The summed E-state index contributed by atoms with van der Waals surface area (Å²) in [6.07, 6.45) is -2.58. The molecule has 4 rings (SSSR count). The van der Waals surface area contributed by atoms with Gasteiger partial charge in [0.05, 0.1) is 25.3 Å². The number of carbonyl (C=O) groups is 1. The molecule has 2 aromatic carbocycles. The number of rotatable bonds is 6. The Labute approximate surface area is 179 Å². The second-order valence-corrected chi connectivity index (χ2v) is 7.44. The molecule has 0 spiro atoms. The van der Waals surface area contributed by atoms with Gasteiger partial charge in [0.1, 0.15) is 12.2 Å². The van der Waals surface area contributed by atoms with Crippen LogP contribution in [-0.2, 0) is 30.3 Å². The van der Waals surface area contributed by atoms with Gasteiger partial charge in [-0.25, -0.2) is 0 Å². The first kappa shape index (κ1) is 21.3. The Balaban J connectivity index is 1.56. The summed E-state index contributed by atoms with van der Waals surface area (Å²) in [5.74, 6) is -0.287. The SMILES string of the molecule is CC(=O)NC1C(OCc2ccccc2)OC2COC(c3ccccc3)O[C@@H]2C1N=[N+]=[N-]. The maximum absolute atomic E-state index is 11.9. The molecule has 1 N–H and O–H groups in total. The van der Waals surface area contributed by atoms with Crippen molar-refractivity contribution in [1.29, 1.82) is 0 Å². The number of hydrogen-bond acceptors (Lipinski definition) is 6. The molecule has 9 heteroatoms. The fourth-order valence-corrected chi connectivity index (χ4v) is 3.85. The Morgan fingerprint density at radius 3 is 2.55 bits per heavy atom. The van der Waals surface area contributed by atoms with E-state index in [2.05, 4.69) is 15.3 Å². The average Bonchev–Trinajstić information content (AvgIpc) is 2.80. The normalized spacial score (nSPS) is 30.0. The lowest BCUT2D eigenvalue weighted by Gasteiger charge is -2.48. The first-order valence-corrected chi connectivity index (χ1v) is 10.1. The lowest BCUT2D eigenvalue weighted by Crippen LogP contribution is -2.65. The molecular weight excluding hydrogens is 400 g/mol. The zero-order valence-corrected chi connectivity index (χ0v) is 17.0. The van der Waals surface area contributed by atoms with Crippen molar-refractivity contribution >= 4 is 5.91 Å². The van der Waals surface area contributed by atoms with Gasteiger partial charge < -0.3 is 24.3 Å². The third kappa shape index (κ3) is 5.04. The lowest BCUT2D eigenvalue weighted by atomic mass is 9.93. The highest BCUT2D eigenvalue weighted by atomic mass is 16.7. The first-order valence-electron chi connectivity index (χ1n) is 10.1. The molecule has 2 aliphatic rings. The van der Waals surface area contributed by atoms with Crippen molar-refractivity contribution < 1.29 is 23.7 Å². The standard InChI is InChI=1S/C22H24N4O5/c1-14(27)24-19-18(25-26-23)20-17(13-29-21(31-20)16-10-6-3-7-11-16)30-22(19)28-12-15-8-4-2-5-9-15/h2-11,17-22H,12-13H2,1H3,(H,24,27)/t17?,18?,19?,20-,21?,22?/m0/s1. The van der Waals surface area contributed by atoms with Crippen LogP contribution in [0.5, 0.6) is 0 Å². The number of azide groups is 1. The van der Waals surface area contributed by atoms with Crippen LogP contribution in [0.1, 0.15) is 24.3 Å². The molecule has 2 aromatic rings. The Morgan fingerprint density at radius 2 is 1.87 bits per heavy atom. The molecule has 0 saturated carbocycles. The zero-order chi connectivity index (χ0) is 21.6. The van der Waals surface area contributed by atoms with E-state index in [1.807, 2.05) is 60.7 Å². The number of ether oxygens (including phenoxy) is 4. The predicted octanol–water partition coefficient (Wildman–Crippen LogP) is 3.23. The van der Waals surface area contributed by atoms with Crippen molar-refractivity contribution in [2.24, 2.45) is 5.11 Å². The van der Waals surface area contributed by atoms with Gasteiger partial charge in [-0.15, -0.1) is 0 Å². The Kier molecular flexibility index (Phi) is 6.81. The molecule has 6 atom stereocenters. The zero-order valence-electron chi connectivity index (χ0n) is 17.0. The van der Waals surface area contributed by atoms with Gasteiger partial charge in [-0.3, -0.25) is 4.79 Å². The Hall–Kier alpha value is -2.94. The minimum atomic E-state index is -0.832. The number of nitrogens with one attached hydrogen (secondary N) is 1. The molecule has 162 valence electrons. The number of benzene rings is 2. The van der Waals surface area contributed by atoms with E-state index in [-0.39, 0.29) is 19.1 Å². The molecule has 0 radical (unpaired) electrons. The Bertz CT molecular complexity index is 922. The summed E-state index contributed by atoms with van der Waals surface area (Å²) >= 11 is 0. The number of amides is 1. The van der Waals surface area contributed by atoms with E-state index in [9.17, 15) is 10.3 Å². The predicted molar refractivity (Wildman–Crippen MR) is 110 cm³/mol. The van der Waals surface area contributed by atoms with Crippen molar-refractivity contribution in [2.75, 3.05) is 6.61 Å². The second kappa shape index (κ2) is 9.91. The van der Waals surface area contributed by atoms with Crippen LogP contribution in [0.3, 0.4) is 0 Å². The van der Waals surface area contributed by atoms with Crippen LogP contribution < -0.4 is 5.32 Å². The van der Waals surface area contributed by atoms with Crippen LogP contribution in [0.4, 0.5) is 0 Å². The first-order chi connectivity index (χ1) is 15.2. The lowest BCUT2D eigenvalue weighted by molar-refractivity contribution is -0.327. The fraction of sp³-hybridized carbons (Fsp3) is 0.409. The summed E-state index contributed by atoms with van der Waals surface area (Å²) < 4.78 is 24.1. The van der Waals surface area contributed by atoms with Crippen molar-refractivity contribution in [1.82, 2.24) is 5.32 Å². The summed E-state index contributed by atoms with van der Waals surface area (Å²) in [7, 11) is 0. The fourth-order valence-electron chi connectivity index (χ4n) is 3.85. The van der Waals surface area contributed by atoms with Gasteiger partial charge in [-0.1, -0.05) is 65.8 Å². The molecule has 31 heavy (non-hydrogen) atoms. The van der Waals surface area contributed by atoms with Crippen LogP contribution >= 0.6 is 0 Å². The molecule has 2 fully saturated rings. The van der Waals surface area contributed by atoms with Crippen LogP contribution in [0.2, 0.25) is 0 Å². The van der Waals surface area contributed by atoms with Crippen LogP contribution in [-0.4, -0.2) is 43.1 Å². The van der Waals surface area contributed by atoms with Crippen molar-refractivity contribution in [2.45, 2.75) is 50.4 Å². The number of fused-ring (bicyclic) bond motifs is 1. The molecular formula is C22H24N4O5. The van der Waals surface area contributed by atoms with E-state index < -0.39 is 36.9 Å². The molecule has 0 aliphatic carbocycles. The molecule has 5 unspecified atom stereocenters. The third-order valence-corrected chi connectivity index (χ3v) is 5.25. The average molecular weight is 424 g/mol. The van der Waals surface area contributed by atoms with Gasteiger partial charge >= 0.3 is 0 Å². The van der Waals surface area contributed by atoms with Crippen molar-refractivity contribution in [3.8, 4) is 0 Å². The van der Waals surface area contributed by atoms with E-state index in [0.717, 1.165) is 11.1 Å².